The molecule has 0 aliphatic carbocycles. The van der Waals surface area contributed by atoms with Gasteiger partial charge in [-0.15, -0.1) is 0 Å². The van der Waals surface area contributed by atoms with Crippen molar-refractivity contribution < 1.29 is 29.1 Å². The molecule has 0 atom stereocenters. The standard InChI is InChI=1S/6H2N.Ni.H2O4S/c;;;;;;;1-5(2,3)4/h6*1H2;;(H2,1,2,3,4)/q6*-1;+6;. The van der Waals surface area contributed by atoms with Crippen LogP contribution >= 0.6 is 0 Å². The SMILES string of the molecule is O=S(=O)(O)O.[NH2][Ni]([NH2])([NH2])([NH2])([NH2])[NH2]. The molecule has 0 saturated carbocycles. The van der Waals surface area contributed by atoms with Gasteiger partial charge in [0.15, 0.2) is 0 Å². The van der Waals surface area contributed by atoms with Crippen LogP contribution in [0.1, 0.15) is 0 Å². The predicted molar refractivity (Wildman–Crippen MR) is 39.3 cm³/mol. The van der Waals surface area contributed by atoms with Crippen LogP contribution in [0.2, 0.25) is 0 Å². The van der Waals surface area contributed by atoms with Gasteiger partial charge in [-0.1, -0.05) is 0 Å². The van der Waals surface area contributed by atoms with Gasteiger partial charge in [-0.2, -0.15) is 8.42 Å². The topological polar surface area (TPSA) is 231 Å². The van der Waals surface area contributed by atoms with Crippen molar-refractivity contribution in [3.63, 3.8) is 0 Å². The van der Waals surface area contributed by atoms with E-state index in [1.165, 1.54) is 0 Å². The summed E-state index contributed by atoms with van der Waals surface area (Å²) in [5.74, 6) is 0. The van der Waals surface area contributed by atoms with E-state index < -0.39 is 22.0 Å². The van der Waals surface area contributed by atoms with Gasteiger partial charge < -0.3 is 0 Å². The van der Waals surface area contributed by atoms with Crippen molar-refractivity contribution in [3.8, 4) is 0 Å². The monoisotopic (exact) mass is 252 g/mol. The van der Waals surface area contributed by atoms with E-state index in [9.17, 15) is 0 Å². The van der Waals surface area contributed by atoms with Crippen molar-refractivity contribution in [1.29, 1.82) is 0 Å². The quantitative estimate of drug-likeness (QED) is 0.153. The second kappa shape index (κ2) is 2.55. The average Bonchev–Trinajstić information content (AvgIpc) is 1.04. The molecule has 0 aromatic rings. The molecule has 12 heavy (non-hydrogen) atoms. The molecule has 10 nitrogen and oxygen atoms in total. The number of rotatable bonds is 0. The first-order valence-corrected chi connectivity index (χ1v) is 6.61. The van der Waals surface area contributed by atoms with E-state index in [0.29, 0.717) is 0 Å². The summed E-state index contributed by atoms with van der Waals surface area (Å²) in [6.45, 7) is 0. The van der Waals surface area contributed by atoms with Crippen LogP contribution in [-0.2, 0) is 22.0 Å². The molecule has 0 saturated heterocycles. The first kappa shape index (κ1) is 14.6. The zero-order chi connectivity index (χ0) is 10.9. The van der Waals surface area contributed by atoms with E-state index in [-0.39, 0.29) is 0 Å². The fourth-order valence-corrected chi connectivity index (χ4v) is 0. The number of nitrogens with two attached hydrogens (primary N) is 6. The van der Waals surface area contributed by atoms with Crippen LogP contribution in [0.3, 0.4) is 0 Å². The summed E-state index contributed by atoms with van der Waals surface area (Å²) >= 11 is -4.54. The van der Waals surface area contributed by atoms with E-state index in [0.717, 1.165) is 0 Å². The fraction of sp³-hybridized carbons (Fsp3) is 0. The van der Waals surface area contributed by atoms with Crippen LogP contribution in [0.25, 0.3) is 0 Å². The minimum atomic E-state index is -4.67. The summed E-state index contributed by atoms with van der Waals surface area (Å²) in [5.41, 5.74) is 0. The van der Waals surface area contributed by atoms with Gasteiger partial charge in [0.25, 0.3) is 0 Å². The summed E-state index contributed by atoms with van der Waals surface area (Å²) in [4.78, 5) is 29.1. The van der Waals surface area contributed by atoms with E-state index in [4.69, 9.17) is 46.4 Å². The van der Waals surface area contributed by atoms with Crippen molar-refractivity contribution in [3.05, 3.63) is 0 Å². The van der Waals surface area contributed by atoms with Gasteiger partial charge in [0.2, 0.25) is 0 Å². The Morgan fingerprint density at radius 3 is 0.833 bits per heavy atom. The average molecular weight is 253 g/mol. The molecule has 84 valence electrons. The van der Waals surface area contributed by atoms with Crippen LogP contribution in [0.15, 0.2) is 0 Å². The Bertz CT molecular complexity index is 221. The number of hydrogen-bond donors (Lipinski definition) is 8. The van der Waals surface area contributed by atoms with Gasteiger partial charge in [-0.3, -0.25) is 9.11 Å². The molecule has 0 fully saturated rings. The second-order valence-corrected chi connectivity index (χ2v) is 7.86. The Balaban J connectivity index is 0. The van der Waals surface area contributed by atoms with E-state index in [1.54, 1.807) is 0 Å². The molecule has 0 aliphatic rings. The summed E-state index contributed by atoms with van der Waals surface area (Å²) in [6, 6.07) is 0. The van der Waals surface area contributed by atoms with Gasteiger partial charge in [0, 0.05) is 0 Å². The Hall–Kier alpha value is 0.124. The van der Waals surface area contributed by atoms with Gasteiger partial charge in [-0.05, 0) is 0 Å². The Morgan fingerprint density at radius 2 is 0.833 bits per heavy atom. The van der Waals surface area contributed by atoms with Crippen LogP contribution in [0, 0.1) is 0 Å². The molecule has 0 rings (SSSR count). The van der Waals surface area contributed by atoms with Crippen molar-refractivity contribution in [2.45, 2.75) is 0 Å². The Labute approximate surface area is 69.0 Å². The predicted octanol–water partition coefficient (Wildman–Crippen LogP) is -4.20. The Morgan fingerprint density at radius 1 is 0.833 bits per heavy atom. The third-order valence-corrected chi connectivity index (χ3v) is 0. The summed E-state index contributed by atoms with van der Waals surface area (Å²) < 4.78 is 31.6. The molecule has 12 heteroatoms. The van der Waals surface area contributed by atoms with Crippen LogP contribution < -0.4 is 28.9 Å². The van der Waals surface area contributed by atoms with Crippen molar-refractivity contribution in [2.75, 3.05) is 0 Å². The third-order valence-electron chi connectivity index (χ3n) is 0. The van der Waals surface area contributed by atoms with Gasteiger partial charge in [0.05, 0.1) is 0 Å². The van der Waals surface area contributed by atoms with E-state index in [2.05, 4.69) is 0 Å². The van der Waals surface area contributed by atoms with E-state index in [1.807, 2.05) is 0 Å². The van der Waals surface area contributed by atoms with E-state index >= 15 is 0 Å². The van der Waals surface area contributed by atoms with Crippen molar-refractivity contribution in [2.24, 2.45) is 28.9 Å². The summed E-state index contributed by atoms with van der Waals surface area (Å²) in [6.07, 6.45) is 0. The summed E-state index contributed by atoms with van der Waals surface area (Å²) in [5, 5.41) is 0. The van der Waals surface area contributed by atoms with Crippen LogP contribution in [0.5, 0.6) is 0 Å². The van der Waals surface area contributed by atoms with Crippen LogP contribution in [-0.4, -0.2) is 17.5 Å². The van der Waals surface area contributed by atoms with Gasteiger partial charge >= 0.3 is 50.9 Å². The molecule has 14 N–H and O–H groups in total. The van der Waals surface area contributed by atoms with Crippen LogP contribution in [0.4, 0.5) is 0 Å². The maximum absolute atomic E-state index is 8.74. The molecule has 0 spiro atoms. The zero-order valence-electron chi connectivity index (χ0n) is 5.90. The Kier molecular flexibility index (Phi) is 3.12. The zero-order valence-corrected chi connectivity index (χ0v) is 7.70. The number of hydrogen-bond acceptors (Lipinski definition) is 8. The van der Waals surface area contributed by atoms with Crippen molar-refractivity contribution >= 4 is 10.4 Å². The second-order valence-electron chi connectivity index (χ2n) is 2.03. The van der Waals surface area contributed by atoms with Crippen molar-refractivity contribution in [1.82, 2.24) is 0 Å². The molecule has 0 aromatic carbocycles. The molecular formula is H14N6NiO4S. The molecule has 0 aromatic heterocycles. The molecule has 0 unspecified atom stereocenters. The fourth-order valence-electron chi connectivity index (χ4n) is 0. The molecule has 0 amide bonds. The maximum atomic E-state index is 8.74. The molecule has 0 aliphatic heterocycles. The molecule has 0 bridgehead atoms. The summed E-state index contributed by atoms with van der Waals surface area (Å²) in [7, 11) is -4.67. The normalized spacial score (nSPS) is 18.3. The van der Waals surface area contributed by atoms with Gasteiger partial charge in [0.1, 0.15) is 0 Å². The third kappa shape index (κ3) is 55200. The molecule has 0 heterocycles. The molecule has 0 radical (unpaired) electrons. The van der Waals surface area contributed by atoms with Gasteiger partial charge in [-0.25, -0.2) is 0 Å². The first-order valence-electron chi connectivity index (χ1n) is 1.79. The first-order chi connectivity index (χ1) is 4.45. The minimum absolute atomic E-state index is 4.54. The molecular weight excluding hydrogens is 239 g/mol.